The second-order valence-electron chi connectivity index (χ2n) is 8.78. The number of anilines is 2. The topological polar surface area (TPSA) is 92.6 Å². The van der Waals surface area contributed by atoms with Crippen LogP contribution in [0.15, 0.2) is 42.7 Å². The van der Waals surface area contributed by atoms with Gasteiger partial charge in [-0.2, -0.15) is 17.6 Å². The Morgan fingerprint density at radius 1 is 1.08 bits per heavy atom. The number of unbranched alkanes of at least 4 members (excludes halogenated alkanes) is 5. The number of halogens is 4. The van der Waals surface area contributed by atoms with Crippen molar-refractivity contribution >= 4 is 34.0 Å². The summed E-state index contributed by atoms with van der Waals surface area (Å²) in [6.45, 7) is 2.19. The Morgan fingerprint density at radius 2 is 1.82 bits per heavy atom. The third-order valence-corrected chi connectivity index (χ3v) is 6.61. The minimum atomic E-state index is -4.81. The van der Waals surface area contributed by atoms with E-state index in [0.717, 1.165) is 49.1 Å². The molecule has 1 aromatic carbocycles. The van der Waals surface area contributed by atoms with Crippen molar-refractivity contribution in [1.29, 1.82) is 0 Å². The molecule has 2 aromatic heterocycles. The summed E-state index contributed by atoms with van der Waals surface area (Å²) in [5.74, 6) is -2.50. The number of rotatable bonds is 14. The van der Waals surface area contributed by atoms with E-state index in [0.29, 0.717) is 23.3 Å². The summed E-state index contributed by atoms with van der Waals surface area (Å²) in [5.41, 5.74) is -1.17. The van der Waals surface area contributed by atoms with Crippen molar-refractivity contribution in [3.8, 4) is 17.0 Å². The van der Waals surface area contributed by atoms with Gasteiger partial charge in [0.2, 0.25) is 11.0 Å². The van der Waals surface area contributed by atoms with Crippen LogP contribution in [0.3, 0.4) is 0 Å². The Kier molecular flexibility index (Phi) is 10.8. The average molecular weight is 568 g/mol. The van der Waals surface area contributed by atoms with Crippen molar-refractivity contribution < 1.29 is 37.0 Å². The third kappa shape index (κ3) is 8.47. The van der Waals surface area contributed by atoms with E-state index in [1.165, 1.54) is 18.5 Å². The van der Waals surface area contributed by atoms with Crippen LogP contribution in [0.4, 0.5) is 28.4 Å². The van der Waals surface area contributed by atoms with Gasteiger partial charge >= 0.3 is 12.1 Å². The number of carbonyl (C=O) groups is 2. The van der Waals surface area contributed by atoms with Gasteiger partial charge in [-0.15, -0.1) is 0 Å². The van der Waals surface area contributed by atoms with E-state index in [1.54, 1.807) is 12.1 Å². The average Bonchev–Trinajstić information content (AvgIpc) is 3.28. The molecule has 0 radical (unpaired) electrons. The van der Waals surface area contributed by atoms with Crippen LogP contribution in [-0.4, -0.2) is 33.6 Å². The molecule has 3 rings (SSSR count). The monoisotopic (exact) mass is 567 g/mol. The standard InChI is InChI=1S/C27H29F4N3O4S/c1-2-3-4-5-6-7-15-38-21-11-10-19(16-20(21)27(29,30)31)34(22(35)12-13-23(36)37)26-33-24(25(28)39-26)18-9-8-14-32-17-18/h8-11,14,16-17H,2-7,12-13,15H2,1H3,(H,36,37). The highest BCUT2D eigenvalue weighted by molar-refractivity contribution is 7.14. The molecule has 1 N–H and O–H groups in total. The van der Waals surface area contributed by atoms with Gasteiger partial charge in [0.25, 0.3) is 0 Å². The van der Waals surface area contributed by atoms with Gasteiger partial charge in [0.05, 0.1) is 24.3 Å². The van der Waals surface area contributed by atoms with E-state index >= 15 is 0 Å². The molecule has 0 saturated carbocycles. The van der Waals surface area contributed by atoms with E-state index in [2.05, 4.69) is 16.9 Å². The lowest BCUT2D eigenvalue weighted by atomic mass is 10.1. The van der Waals surface area contributed by atoms with E-state index < -0.39 is 41.6 Å². The minimum Gasteiger partial charge on any atom is -0.493 e. The van der Waals surface area contributed by atoms with Crippen LogP contribution < -0.4 is 9.64 Å². The van der Waals surface area contributed by atoms with Crippen LogP contribution in [0.2, 0.25) is 0 Å². The number of ether oxygens (including phenoxy) is 1. The number of hydrogen-bond donors (Lipinski definition) is 1. The molecule has 0 aliphatic heterocycles. The number of nitrogens with zero attached hydrogens (tertiary/aromatic N) is 3. The lowest BCUT2D eigenvalue weighted by Crippen LogP contribution is -2.26. The van der Waals surface area contributed by atoms with Gasteiger partial charge in [-0.3, -0.25) is 19.5 Å². The first-order chi connectivity index (χ1) is 18.6. The van der Waals surface area contributed by atoms with Gasteiger partial charge in [-0.05, 0) is 36.8 Å². The molecule has 39 heavy (non-hydrogen) atoms. The quantitative estimate of drug-likeness (QED) is 0.159. The number of benzene rings is 1. The molecule has 0 unspecified atom stereocenters. The highest BCUT2D eigenvalue weighted by Crippen LogP contribution is 2.42. The smallest absolute Gasteiger partial charge is 0.420 e. The molecule has 1 amide bonds. The molecule has 12 heteroatoms. The fraction of sp³-hybridized carbons (Fsp3) is 0.407. The number of hydrogen-bond acceptors (Lipinski definition) is 6. The molecule has 0 aliphatic carbocycles. The van der Waals surface area contributed by atoms with Crippen molar-refractivity contribution in [2.24, 2.45) is 0 Å². The predicted octanol–water partition coefficient (Wildman–Crippen LogP) is 7.63. The highest BCUT2D eigenvalue weighted by Gasteiger charge is 2.36. The molecule has 0 atom stereocenters. The normalized spacial score (nSPS) is 11.4. The summed E-state index contributed by atoms with van der Waals surface area (Å²) in [6, 6.07) is 6.19. The fourth-order valence-corrected chi connectivity index (χ4v) is 4.68. The first kappa shape index (κ1) is 30.0. The number of carbonyl (C=O) groups excluding carboxylic acids is 1. The number of pyridine rings is 1. The Morgan fingerprint density at radius 3 is 2.49 bits per heavy atom. The fourth-order valence-electron chi connectivity index (χ4n) is 3.82. The van der Waals surface area contributed by atoms with Crippen molar-refractivity contribution in [3.63, 3.8) is 0 Å². The van der Waals surface area contributed by atoms with Crippen LogP contribution in [0.5, 0.6) is 5.75 Å². The van der Waals surface area contributed by atoms with Crippen molar-refractivity contribution in [3.05, 3.63) is 53.4 Å². The number of carboxylic acids is 1. The van der Waals surface area contributed by atoms with Gasteiger partial charge in [0, 0.05) is 24.4 Å². The number of alkyl halides is 3. The molecule has 0 saturated heterocycles. The molecular formula is C27H29F4N3O4S. The summed E-state index contributed by atoms with van der Waals surface area (Å²) in [5, 5.41) is 8.00. The first-order valence-corrected chi connectivity index (χ1v) is 13.4. The lowest BCUT2D eigenvalue weighted by molar-refractivity contribution is -0.139. The van der Waals surface area contributed by atoms with Crippen molar-refractivity contribution in [2.75, 3.05) is 11.5 Å². The van der Waals surface area contributed by atoms with Crippen LogP contribution >= 0.6 is 11.3 Å². The zero-order chi connectivity index (χ0) is 28.4. The van der Waals surface area contributed by atoms with Gasteiger partial charge in [0.1, 0.15) is 11.4 Å². The zero-order valence-electron chi connectivity index (χ0n) is 21.3. The third-order valence-electron chi connectivity index (χ3n) is 5.79. The summed E-state index contributed by atoms with van der Waals surface area (Å²) < 4.78 is 62.3. The van der Waals surface area contributed by atoms with Crippen molar-refractivity contribution in [2.45, 2.75) is 64.5 Å². The van der Waals surface area contributed by atoms with Gasteiger partial charge in [-0.1, -0.05) is 50.4 Å². The molecule has 210 valence electrons. The Hall–Kier alpha value is -3.54. The number of amides is 1. The molecule has 0 bridgehead atoms. The first-order valence-electron chi connectivity index (χ1n) is 12.6. The van der Waals surface area contributed by atoms with E-state index in [1.807, 2.05) is 0 Å². The largest absolute Gasteiger partial charge is 0.493 e. The predicted molar refractivity (Wildman–Crippen MR) is 140 cm³/mol. The zero-order valence-corrected chi connectivity index (χ0v) is 22.2. The minimum absolute atomic E-state index is 0.0992. The summed E-state index contributed by atoms with van der Waals surface area (Å²) in [6.07, 6.45) is 2.59. The molecule has 2 heterocycles. The summed E-state index contributed by atoms with van der Waals surface area (Å²) in [7, 11) is 0. The maximum absolute atomic E-state index is 14.8. The SMILES string of the molecule is CCCCCCCCOc1ccc(N(C(=O)CCC(=O)O)c2nc(-c3cccnc3)c(F)s2)cc1C(F)(F)F. The molecule has 0 spiro atoms. The van der Waals surface area contributed by atoms with Crippen LogP contribution in [0.1, 0.15) is 63.9 Å². The maximum Gasteiger partial charge on any atom is 0.420 e. The second kappa shape index (κ2) is 14.0. The molecular weight excluding hydrogens is 538 g/mol. The van der Waals surface area contributed by atoms with Crippen LogP contribution in [-0.2, 0) is 15.8 Å². The van der Waals surface area contributed by atoms with Gasteiger partial charge in [0.15, 0.2) is 5.13 Å². The van der Waals surface area contributed by atoms with Crippen molar-refractivity contribution in [1.82, 2.24) is 9.97 Å². The molecule has 0 aliphatic rings. The molecule has 3 aromatic rings. The van der Waals surface area contributed by atoms with E-state index in [9.17, 15) is 27.2 Å². The van der Waals surface area contributed by atoms with Gasteiger partial charge < -0.3 is 9.84 Å². The van der Waals surface area contributed by atoms with Gasteiger partial charge in [-0.25, -0.2) is 4.98 Å². The maximum atomic E-state index is 14.8. The highest BCUT2D eigenvalue weighted by atomic mass is 32.1. The molecule has 0 fully saturated rings. The Labute approximate surface area is 227 Å². The number of aliphatic carboxylic acids is 1. The molecule has 7 nitrogen and oxygen atoms in total. The Bertz CT molecular complexity index is 1250. The number of carboxylic acid groups (broad SMARTS) is 1. The van der Waals surface area contributed by atoms with Crippen LogP contribution in [0, 0.1) is 5.13 Å². The second-order valence-corrected chi connectivity index (χ2v) is 9.71. The van der Waals surface area contributed by atoms with E-state index in [4.69, 9.17) is 9.84 Å². The lowest BCUT2D eigenvalue weighted by Gasteiger charge is -2.22. The summed E-state index contributed by atoms with van der Waals surface area (Å²) in [4.78, 5) is 33.0. The number of aromatic nitrogens is 2. The summed E-state index contributed by atoms with van der Waals surface area (Å²) >= 11 is 0.457. The van der Waals surface area contributed by atoms with Crippen LogP contribution in [0.25, 0.3) is 11.3 Å². The number of thiazole rings is 1. The Balaban J connectivity index is 1.93. The van der Waals surface area contributed by atoms with E-state index in [-0.39, 0.29) is 28.9 Å².